The molecule has 0 saturated carbocycles. The lowest BCUT2D eigenvalue weighted by Gasteiger charge is -2.16. The first-order valence-corrected chi connectivity index (χ1v) is 5.71. The van der Waals surface area contributed by atoms with Crippen LogP contribution in [0.25, 0.3) is 0 Å². The number of rotatable bonds is 3. The number of benzene rings is 1. The van der Waals surface area contributed by atoms with E-state index in [4.69, 9.17) is 4.74 Å². The predicted molar refractivity (Wildman–Crippen MR) is 62.1 cm³/mol. The van der Waals surface area contributed by atoms with E-state index in [-0.39, 0.29) is 18.0 Å². The molecule has 1 aliphatic rings. The van der Waals surface area contributed by atoms with Gasteiger partial charge in [-0.3, -0.25) is 4.79 Å². The highest BCUT2D eigenvalue weighted by molar-refractivity contribution is 5.88. The second-order valence-electron chi connectivity index (χ2n) is 4.15. The summed E-state index contributed by atoms with van der Waals surface area (Å²) >= 11 is 0. The molecular formula is C13H15NO3. The van der Waals surface area contributed by atoms with E-state index in [0.29, 0.717) is 12.8 Å². The van der Waals surface area contributed by atoms with E-state index in [1.54, 1.807) is 0 Å². The van der Waals surface area contributed by atoms with Crippen molar-refractivity contribution in [2.75, 3.05) is 0 Å². The van der Waals surface area contributed by atoms with Crippen LogP contribution in [0.4, 0.5) is 0 Å². The average molecular weight is 233 g/mol. The van der Waals surface area contributed by atoms with E-state index in [1.807, 2.05) is 37.3 Å². The SMILES string of the molecule is CC(OC(=O)[C@@H]1CCC(=O)N1)c1ccccc1. The van der Waals surface area contributed by atoms with Crippen molar-refractivity contribution in [3.63, 3.8) is 0 Å². The third-order valence-corrected chi connectivity index (χ3v) is 2.84. The molecule has 1 N–H and O–H groups in total. The molecule has 0 aliphatic carbocycles. The van der Waals surface area contributed by atoms with E-state index < -0.39 is 6.04 Å². The molecule has 1 aromatic rings. The topological polar surface area (TPSA) is 55.4 Å². The van der Waals surface area contributed by atoms with E-state index >= 15 is 0 Å². The third-order valence-electron chi connectivity index (χ3n) is 2.84. The summed E-state index contributed by atoms with van der Waals surface area (Å²) in [4.78, 5) is 22.7. The Balaban J connectivity index is 1.93. The van der Waals surface area contributed by atoms with Gasteiger partial charge in [-0.25, -0.2) is 4.79 Å². The number of esters is 1. The maximum atomic E-state index is 11.7. The summed E-state index contributed by atoms with van der Waals surface area (Å²) in [6, 6.07) is 9.05. The molecule has 1 saturated heterocycles. The Morgan fingerprint density at radius 2 is 2.12 bits per heavy atom. The Hall–Kier alpha value is -1.84. The third kappa shape index (κ3) is 2.84. The van der Waals surface area contributed by atoms with Gasteiger partial charge in [-0.1, -0.05) is 30.3 Å². The molecule has 0 spiro atoms. The molecule has 0 aromatic heterocycles. The lowest BCUT2D eigenvalue weighted by molar-refractivity contribution is -0.151. The minimum atomic E-state index is -0.478. The molecule has 17 heavy (non-hydrogen) atoms. The number of nitrogens with one attached hydrogen (secondary N) is 1. The summed E-state index contributed by atoms with van der Waals surface area (Å²) in [5, 5.41) is 2.60. The molecule has 2 rings (SSSR count). The summed E-state index contributed by atoms with van der Waals surface area (Å²) < 4.78 is 5.32. The molecular weight excluding hydrogens is 218 g/mol. The van der Waals surface area contributed by atoms with Gasteiger partial charge < -0.3 is 10.1 Å². The first kappa shape index (κ1) is 11.6. The zero-order chi connectivity index (χ0) is 12.3. The van der Waals surface area contributed by atoms with Crippen molar-refractivity contribution in [3.05, 3.63) is 35.9 Å². The lowest BCUT2D eigenvalue weighted by atomic mass is 10.1. The molecule has 4 nitrogen and oxygen atoms in total. The molecule has 1 unspecified atom stereocenters. The van der Waals surface area contributed by atoms with Crippen LogP contribution in [-0.4, -0.2) is 17.9 Å². The van der Waals surface area contributed by atoms with Crippen molar-refractivity contribution in [2.24, 2.45) is 0 Å². The van der Waals surface area contributed by atoms with Crippen LogP contribution in [0.2, 0.25) is 0 Å². The molecule has 2 atom stereocenters. The summed E-state index contributed by atoms with van der Waals surface area (Å²) in [6.07, 6.45) is 0.639. The summed E-state index contributed by atoms with van der Waals surface area (Å²) in [7, 11) is 0. The Labute approximate surface area is 100.0 Å². The Kier molecular flexibility index (Phi) is 3.42. The molecule has 1 fully saturated rings. The Morgan fingerprint density at radius 1 is 1.41 bits per heavy atom. The Morgan fingerprint density at radius 3 is 2.71 bits per heavy atom. The van der Waals surface area contributed by atoms with Crippen molar-refractivity contribution < 1.29 is 14.3 Å². The van der Waals surface area contributed by atoms with Crippen LogP contribution in [0.1, 0.15) is 31.4 Å². The maximum absolute atomic E-state index is 11.7. The first-order valence-electron chi connectivity index (χ1n) is 5.71. The fourth-order valence-electron chi connectivity index (χ4n) is 1.84. The lowest BCUT2D eigenvalue weighted by Crippen LogP contribution is -2.34. The molecule has 1 amide bonds. The number of hydrogen-bond acceptors (Lipinski definition) is 3. The molecule has 90 valence electrons. The maximum Gasteiger partial charge on any atom is 0.329 e. The van der Waals surface area contributed by atoms with Gasteiger partial charge in [0.2, 0.25) is 5.91 Å². The van der Waals surface area contributed by atoms with Gasteiger partial charge in [0, 0.05) is 6.42 Å². The van der Waals surface area contributed by atoms with Crippen LogP contribution < -0.4 is 5.32 Å². The zero-order valence-corrected chi connectivity index (χ0v) is 9.68. The minimum absolute atomic E-state index is 0.0840. The van der Waals surface area contributed by atoms with Gasteiger partial charge in [0.15, 0.2) is 0 Å². The largest absolute Gasteiger partial charge is 0.456 e. The fourth-order valence-corrected chi connectivity index (χ4v) is 1.84. The van der Waals surface area contributed by atoms with Crippen LogP contribution in [-0.2, 0) is 14.3 Å². The highest BCUT2D eigenvalue weighted by atomic mass is 16.5. The summed E-state index contributed by atoms with van der Waals surface area (Å²) in [5.41, 5.74) is 0.949. The van der Waals surface area contributed by atoms with Gasteiger partial charge in [0.1, 0.15) is 12.1 Å². The monoisotopic (exact) mass is 233 g/mol. The zero-order valence-electron chi connectivity index (χ0n) is 9.68. The fraction of sp³-hybridized carbons (Fsp3) is 0.385. The standard InChI is InChI=1S/C13H15NO3/c1-9(10-5-3-2-4-6-10)17-13(16)11-7-8-12(15)14-11/h2-6,9,11H,7-8H2,1H3,(H,14,15)/t9?,11-/m0/s1. The number of carbonyl (C=O) groups is 2. The number of carbonyl (C=O) groups excluding carboxylic acids is 2. The molecule has 1 heterocycles. The van der Waals surface area contributed by atoms with E-state index in [0.717, 1.165) is 5.56 Å². The van der Waals surface area contributed by atoms with E-state index in [9.17, 15) is 9.59 Å². The highest BCUT2D eigenvalue weighted by Crippen LogP contribution is 2.18. The van der Waals surface area contributed by atoms with Crippen LogP contribution in [0.5, 0.6) is 0 Å². The van der Waals surface area contributed by atoms with Crippen molar-refractivity contribution in [3.8, 4) is 0 Å². The van der Waals surface area contributed by atoms with Gasteiger partial charge in [0.05, 0.1) is 0 Å². The van der Waals surface area contributed by atoms with Crippen molar-refractivity contribution in [2.45, 2.75) is 31.9 Å². The quantitative estimate of drug-likeness (QED) is 0.806. The molecule has 0 radical (unpaired) electrons. The van der Waals surface area contributed by atoms with Gasteiger partial charge >= 0.3 is 5.97 Å². The summed E-state index contributed by atoms with van der Waals surface area (Å²) in [6.45, 7) is 1.82. The summed E-state index contributed by atoms with van der Waals surface area (Å²) in [5.74, 6) is -0.438. The van der Waals surface area contributed by atoms with Crippen LogP contribution >= 0.6 is 0 Å². The number of hydrogen-bond donors (Lipinski definition) is 1. The molecule has 1 aromatic carbocycles. The number of ether oxygens (including phenoxy) is 1. The molecule has 1 aliphatic heterocycles. The van der Waals surface area contributed by atoms with Crippen LogP contribution in [0, 0.1) is 0 Å². The van der Waals surface area contributed by atoms with E-state index in [1.165, 1.54) is 0 Å². The van der Waals surface area contributed by atoms with Gasteiger partial charge in [0.25, 0.3) is 0 Å². The van der Waals surface area contributed by atoms with Crippen molar-refractivity contribution in [1.29, 1.82) is 0 Å². The van der Waals surface area contributed by atoms with Crippen molar-refractivity contribution >= 4 is 11.9 Å². The predicted octanol–water partition coefficient (Wildman–Crippen LogP) is 1.57. The minimum Gasteiger partial charge on any atom is -0.456 e. The first-order chi connectivity index (χ1) is 8.16. The van der Waals surface area contributed by atoms with E-state index in [2.05, 4.69) is 5.32 Å². The average Bonchev–Trinajstić information content (AvgIpc) is 2.77. The number of amides is 1. The smallest absolute Gasteiger partial charge is 0.329 e. The van der Waals surface area contributed by atoms with Gasteiger partial charge in [-0.15, -0.1) is 0 Å². The normalized spacial score (nSPS) is 20.8. The highest BCUT2D eigenvalue weighted by Gasteiger charge is 2.29. The Bertz CT molecular complexity index is 416. The van der Waals surface area contributed by atoms with Gasteiger partial charge in [-0.05, 0) is 18.9 Å². The second-order valence-corrected chi connectivity index (χ2v) is 4.15. The second kappa shape index (κ2) is 4.99. The van der Waals surface area contributed by atoms with Crippen LogP contribution in [0.3, 0.4) is 0 Å². The van der Waals surface area contributed by atoms with Crippen LogP contribution in [0.15, 0.2) is 30.3 Å². The molecule has 4 heteroatoms. The van der Waals surface area contributed by atoms with Crippen molar-refractivity contribution in [1.82, 2.24) is 5.32 Å². The molecule has 0 bridgehead atoms. The van der Waals surface area contributed by atoms with Gasteiger partial charge in [-0.2, -0.15) is 0 Å².